The molecule has 7 nitrogen and oxygen atoms in total. The van der Waals surface area contributed by atoms with Gasteiger partial charge in [-0.3, -0.25) is 14.4 Å². The van der Waals surface area contributed by atoms with E-state index in [2.05, 4.69) is 26.6 Å². The monoisotopic (exact) mass is 475 g/mol. The van der Waals surface area contributed by atoms with Gasteiger partial charge in [-0.1, -0.05) is 35.8 Å². The molecule has 3 amide bonds. The molecule has 0 aliphatic carbocycles. The van der Waals surface area contributed by atoms with Crippen LogP contribution in [-0.2, 0) is 9.59 Å². The quantitative estimate of drug-likeness (QED) is 0.582. The summed E-state index contributed by atoms with van der Waals surface area (Å²) in [6.07, 6.45) is 0. The van der Waals surface area contributed by atoms with Crippen molar-refractivity contribution < 1.29 is 19.1 Å². The van der Waals surface area contributed by atoms with E-state index in [1.165, 1.54) is 4.90 Å². The molecule has 30 heavy (non-hydrogen) atoms. The minimum atomic E-state index is -0.399. The van der Waals surface area contributed by atoms with Gasteiger partial charge in [0.1, 0.15) is 5.75 Å². The highest BCUT2D eigenvalue weighted by molar-refractivity contribution is 9.10. The molecule has 0 bridgehead atoms. The maximum Gasteiger partial charge on any atom is 0.254 e. The van der Waals surface area contributed by atoms with Gasteiger partial charge < -0.3 is 20.3 Å². The SMILES string of the molecule is COc1ccc(NC(=O)CNC(=O)CN(CC(C)C)C(=O)c2cccc(Br)c2)cc1. The summed E-state index contributed by atoms with van der Waals surface area (Å²) < 4.78 is 5.86. The zero-order valence-corrected chi connectivity index (χ0v) is 18.9. The fourth-order valence-corrected chi connectivity index (χ4v) is 3.15. The Bertz CT molecular complexity index is 884. The van der Waals surface area contributed by atoms with Crippen LogP contribution in [0.3, 0.4) is 0 Å². The van der Waals surface area contributed by atoms with E-state index in [1.54, 1.807) is 49.6 Å². The lowest BCUT2D eigenvalue weighted by Gasteiger charge is -2.24. The molecule has 2 aromatic carbocycles. The summed E-state index contributed by atoms with van der Waals surface area (Å²) in [5, 5.41) is 5.26. The Kier molecular flexibility index (Phi) is 8.86. The maximum atomic E-state index is 12.8. The third kappa shape index (κ3) is 7.51. The molecule has 160 valence electrons. The number of rotatable bonds is 9. The Morgan fingerprint density at radius 3 is 2.37 bits per heavy atom. The first-order valence-electron chi connectivity index (χ1n) is 9.54. The first kappa shape index (κ1) is 23.4. The molecule has 0 spiro atoms. The lowest BCUT2D eigenvalue weighted by Crippen LogP contribution is -2.44. The van der Waals surface area contributed by atoms with E-state index in [-0.39, 0.29) is 30.8 Å². The first-order chi connectivity index (χ1) is 14.3. The number of hydrogen-bond acceptors (Lipinski definition) is 4. The second-order valence-corrected chi connectivity index (χ2v) is 8.06. The molecule has 0 saturated carbocycles. The van der Waals surface area contributed by atoms with Gasteiger partial charge in [-0.15, -0.1) is 0 Å². The van der Waals surface area contributed by atoms with Crippen LogP contribution in [0.15, 0.2) is 53.0 Å². The van der Waals surface area contributed by atoms with E-state index < -0.39 is 5.91 Å². The van der Waals surface area contributed by atoms with E-state index in [0.717, 1.165) is 4.47 Å². The Labute approximate surface area is 184 Å². The second kappa shape index (κ2) is 11.3. The summed E-state index contributed by atoms with van der Waals surface area (Å²) in [5.41, 5.74) is 1.09. The number of nitrogens with one attached hydrogen (secondary N) is 2. The van der Waals surface area contributed by atoms with Crippen molar-refractivity contribution in [3.63, 3.8) is 0 Å². The average molecular weight is 476 g/mol. The highest BCUT2D eigenvalue weighted by Gasteiger charge is 2.20. The molecule has 0 aromatic heterocycles. The third-order valence-corrected chi connectivity index (χ3v) is 4.59. The molecule has 0 fully saturated rings. The number of carbonyl (C=O) groups is 3. The molecule has 2 aromatic rings. The van der Waals surface area contributed by atoms with Gasteiger partial charge in [0.15, 0.2) is 0 Å². The molecule has 2 N–H and O–H groups in total. The van der Waals surface area contributed by atoms with Crippen molar-refractivity contribution in [3.8, 4) is 5.75 Å². The van der Waals surface area contributed by atoms with E-state index in [4.69, 9.17) is 4.74 Å². The summed E-state index contributed by atoms with van der Waals surface area (Å²) in [6, 6.07) is 13.9. The number of methoxy groups -OCH3 is 1. The van der Waals surface area contributed by atoms with Crippen molar-refractivity contribution in [1.82, 2.24) is 10.2 Å². The normalized spacial score (nSPS) is 10.4. The third-order valence-electron chi connectivity index (χ3n) is 4.10. The van der Waals surface area contributed by atoms with Crippen LogP contribution < -0.4 is 15.4 Å². The minimum absolute atomic E-state index is 0.126. The Morgan fingerprint density at radius 2 is 1.77 bits per heavy atom. The van der Waals surface area contributed by atoms with Crippen LogP contribution in [0.25, 0.3) is 0 Å². The number of amides is 3. The number of nitrogens with zero attached hydrogens (tertiary/aromatic N) is 1. The molecular weight excluding hydrogens is 450 g/mol. The highest BCUT2D eigenvalue weighted by atomic mass is 79.9. The van der Waals surface area contributed by atoms with Crippen molar-refractivity contribution >= 4 is 39.3 Å². The number of ether oxygens (including phenoxy) is 1. The van der Waals surface area contributed by atoms with Gasteiger partial charge in [0, 0.05) is 22.3 Å². The predicted molar refractivity (Wildman–Crippen MR) is 120 cm³/mol. The van der Waals surface area contributed by atoms with Gasteiger partial charge in [0.2, 0.25) is 11.8 Å². The van der Waals surface area contributed by atoms with Gasteiger partial charge in [-0.25, -0.2) is 0 Å². The number of benzene rings is 2. The molecule has 0 unspecified atom stereocenters. The predicted octanol–water partition coefficient (Wildman–Crippen LogP) is 3.31. The van der Waals surface area contributed by atoms with E-state index in [0.29, 0.717) is 23.5 Å². The molecule has 0 aliphatic rings. The van der Waals surface area contributed by atoms with Crippen LogP contribution >= 0.6 is 15.9 Å². The maximum absolute atomic E-state index is 12.8. The smallest absolute Gasteiger partial charge is 0.254 e. The highest BCUT2D eigenvalue weighted by Crippen LogP contribution is 2.15. The standard InChI is InChI=1S/C22H26BrN3O4/c1-15(2)13-26(22(29)16-5-4-6-17(23)11-16)14-21(28)24-12-20(27)25-18-7-9-19(30-3)10-8-18/h4-11,15H,12-14H2,1-3H3,(H,24,28)(H,25,27). The van der Waals surface area contributed by atoms with Gasteiger partial charge >= 0.3 is 0 Å². The Morgan fingerprint density at radius 1 is 1.07 bits per heavy atom. The molecular formula is C22H26BrN3O4. The summed E-state index contributed by atoms with van der Waals surface area (Å²) in [5.74, 6) is -0.122. The summed E-state index contributed by atoms with van der Waals surface area (Å²) in [7, 11) is 1.56. The summed E-state index contributed by atoms with van der Waals surface area (Å²) in [6.45, 7) is 4.06. The van der Waals surface area contributed by atoms with Gasteiger partial charge in [0.25, 0.3) is 5.91 Å². The van der Waals surface area contributed by atoms with Gasteiger partial charge in [-0.2, -0.15) is 0 Å². The number of anilines is 1. The van der Waals surface area contributed by atoms with Crippen molar-refractivity contribution in [3.05, 3.63) is 58.6 Å². The molecule has 0 aliphatic heterocycles. The Hall–Kier alpha value is -2.87. The van der Waals surface area contributed by atoms with Crippen LogP contribution in [0.1, 0.15) is 24.2 Å². The van der Waals surface area contributed by atoms with Crippen molar-refractivity contribution in [2.24, 2.45) is 5.92 Å². The number of hydrogen-bond donors (Lipinski definition) is 2. The summed E-state index contributed by atoms with van der Waals surface area (Å²) >= 11 is 3.36. The largest absolute Gasteiger partial charge is 0.497 e. The fourth-order valence-electron chi connectivity index (χ4n) is 2.75. The van der Waals surface area contributed by atoms with Crippen LogP contribution in [0.4, 0.5) is 5.69 Å². The fraction of sp³-hybridized carbons (Fsp3) is 0.318. The molecule has 2 rings (SSSR count). The molecule has 0 saturated heterocycles. The zero-order valence-electron chi connectivity index (χ0n) is 17.3. The zero-order chi connectivity index (χ0) is 22.1. The van der Waals surface area contributed by atoms with Crippen LogP contribution in [-0.4, -0.2) is 49.4 Å². The lowest BCUT2D eigenvalue weighted by atomic mass is 10.1. The van der Waals surface area contributed by atoms with Crippen molar-refractivity contribution in [2.75, 3.05) is 32.1 Å². The molecule has 0 heterocycles. The molecule has 0 radical (unpaired) electrons. The van der Waals surface area contributed by atoms with E-state index in [1.807, 2.05) is 19.9 Å². The second-order valence-electron chi connectivity index (χ2n) is 7.14. The van der Waals surface area contributed by atoms with Crippen LogP contribution in [0.2, 0.25) is 0 Å². The van der Waals surface area contributed by atoms with E-state index >= 15 is 0 Å². The van der Waals surface area contributed by atoms with Gasteiger partial charge in [0.05, 0.1) is 20.2 Å². The van der Waals surface area contributed by atoms with Gasteiger partial charge in [-0.05, 0) is 48.4 Å². The van der Waals surface area contributed by atoms with Crippen molar-refractivity contribution in [1.29, 1.82) is 0 Å². The molecule has 0 atom stereocenters. The Balaban J connectivity index is 1.91. The molecule has 8 heteroatoms. The minimum Gasteiger partial charge on any atom is -0.497 e. The lowest BCUT2D eigenvalue weighted by molar-refractivity contribution is -0.124. The first-order valence-corrected chi connectivity index (χ1v) is 10.3. The van der Waals surface area contributed by atoms with Crippen LogP contribution in [0.5, 0.6) is 5.75 Å². The average Bonchev–Trinajstić information content (AvgIpc) is 2.71. The van der Waals surface area contributed by atoms with Crippen LogP contribution in [0, 0.1) is 5.92 Å². The number of halogens is 1. The van der Waals surface area contributed by atoms with E-state index in [9.17, 15) is 14.4 Å². The number of carbonyl (C=O) groups excluding carboxylic acids is 3. The van der Waals surface area contributed by atoms with Crippen molar-refractivity contribution in [2.45, 2.75) is 13.8 Å². The summed E-state index contributed by atoms with van der Waals surface area (Å²) in [4.78, 5) is 38.8. The topological polar surface area (TPSA) is 87.7 Å².